The monoisotopic (exact) mass is 262 g/mol. The highest BCUT2D eigenvalue weighted by atomic mass is 32.1. The predicted molar refractivity (Wildman–Crippen MR) is 77.2 cm³/mol. The van der Waals surface area contributed by atoms with Crippen molar-refractivity contribution in [1.82, 2.24) is 0 Å². The van der Waals surface area contributed by atoms with Gasteiger partial charge in [-0.2, -0.15) is 0 Å². The lowest BCUT2D eigenvalue weighted by Crippen LogP contribution is -1.88. The van der Waals surface area contributed by atoms with E-state index in [1.54, 1.807) is 29.5 Å². The Morgan fingerprint density at radius 2 is 2.12 bits per heavy atom. The molecule has 3 heteroatoms. The fourth-order valence-corrected chi connectivity index (χ4v) is 2.92. The van der Waals surface area contributed by atoms with Crippen LogP contribution in [0.25, 0.3) is 5.57 Å². The lowest BCUT2D eigenvalue weighted by molar-refractivity contribution is 0.474. The highest BCUT2D eigenvalue weighted by Gasteiger charge is 2.07. The summed E-state index contributed by atoms with van der Waals surface area (Å²) in [5.74, 6) is 0.251. The number of rotatable bonds is 3. The summed E-state index contributed by atoms with van der Waals surface area (Å²) in [6.07, 6.45) is 0.801. The molecule has 1 aromatic heterocycles. The van der Waals surface area contributed by atoms with Crippen LogP contribution in [0.4, 0.5) is 0 Å². The molecule has 1 N–H and O–H groups in total. The Hall–Kier alpha value is -1.19. The van der Waals surface area contributed by atoms with Crippen LogP contribution in [-0.4, -0.2) is 5.11 Å². The van der Waals surface area contributed by atoms with Gasteiger partial charge in [0.15, 0.2) is 0 Å². The number of phenols is 1. The summed E-state index contributed by atoms with van der Waals surface area (Å²) in [6.45, 7) is 6.17. The predicted octanol–water partition coefficient (Wildman–Crippen LogP) is 4.31. The minimum atomic E-state index is 0.251. The number of benzene rings is 1. The van der Waals surface area contributed by atoms with Gasteiger partial charge in [0.05, 0.1) is 0 Å². The molecule has 0 fully saturated rings. The standard InChI is InChI=1S/C14H14OS2/c1-9(7-12-5-3-10(2)17-12)13-8-11(15)4-6-14(13)16/h3-6,8,15-16H,1,7H2,2H3. The fourth-order valence-electron chi connectivity index (χ4n) is 1.69. The Bertz CT molecular complexity index is 555. The van der Waals surface area contributed by atoms with E-state index in [0.29, 0.717) is 0 Å². The van der Waals surface area contributed by atoms with Crippen LogP contribution < -0.4 is 0 Å². The minimum absolute atomic E-state index is 0.251. The van der Waals surface area contributed by atoms with Gasteiger partial charge >= 0.3 is 0 Å². The van der Waals surface area contributed by atoms with Gasteiger partial charge in [0.25, 0.3) is 0 Å². The van der Waals surface area contributed by atoms with Gasteiger partial charge in [-0.15, -0.1) is 24.0 Å². The van der Waals surface area contributed by atoms with Gasteiger partial charge in [-0.25, -0.2) is 0 Å². The van der Waals surface area contributed by atoms with Crippen LogP contribution in [0.1, 0.15) is 15.3 Å². The van der Waals surface area contributed by atoms with Crippen LogP contribution in [0.5, 0.6) is 5.75 Å². The first-order valence-electron chi connectivity index (χ1n) is 5.31. The molecule has 0 aliphatic carbocycles. The number of thiophene rings is 1. The molecule has 0 aliphatic heterocycles. The zero-order chi connectivity index (χ0) is 12.4. The van der Waals surface area contributed by atoms with Crippen LogP contribution in [0.2, 0.25) is 0 Å². The van der Waals surface area contributed by atoms with Crippen molar-refractivity contribution in [3.05, 3.63) is 52.2 Å². The number of phenolic OH excluding ortho intramolecular Hbond substituents is 1. The highest BCUT2D eigenvalue weighted by Crippen LogP contribution is 2.29. The van der Waals surface area contributed by atoms with Gasteiger partial charge < -0.3 is 5.11 Å². The first kappa shape index (κ1) is 12.3. The molecule has 88 valence electrons. The molecule has 0 saturated carbocycles. The van der Waals surface area contributed by atoms with E-state index in [1.807, 2.05) is 0 Å². The van der Waals surface area contributed by atoms with E-state index in [4.69, 9.17) is 0 Å². The Morgan fingerprint density at radius 1 is 1.35 bits per heavy atom. The first-order valence-corrected chi connectivity index (χ1v) is 6.58. The maximum absolute atomic E-state index is 9.48. The quantitative estimate of drug-likeness (QED) is 0.790. The van der Waals surface area contributed by atoms with Gasteiger partial charge in [-0.05, 0) is 48.4 Å². The van der Waals surface area contributed by atoms with E-state index in [0.717, 1.165) is 22.5 Å². The van der Waals surface area contributed by atoms with Gasteiger partial charge in [0.1, 0.15) is 5.75 Å². The van der Waals surface area contributed by atoms with Crippen molar-refractivity contribution in [3.63, 3.8) is 0 Å². The van der Waals surface area contributed by atoms with Crippen molar-refractivity contribution in [2.75, 3.05) is 0 Å². The molecule has 1 nitrogen and oxygen atoms in total. The third-order valence-corrected chi connectivity index (χ3v) is 3.94. The van der Waals surface area contributed by atoms with Crippen molar-refractivity contribution in [3.8, 4) is 5.75 Å². The summed E-state index contributed by atoms with van der Waals surface area (Å²) >= 11 is 6.16. The average Bonchev–Trinajstić information content (AvgIpc) is 2.67. The van der Waals surface area contributed by atoms with E-state index in [1.165, 1.54) is 9.75 Å². The Labute approximate surface area is 111 Å². The van der Waals surface area contributed by atoms with E-state index in [9.17, 15) is 5.11 Å². The third kappa shape index (κ3) is 2.93. The molecule has 0 radical (unpaired) electrons. The van der Waals surface area contributed by atoms with Crippen LogP contribution >= 0.6 is 24.0 Å². The molecule has 0 spiro atoms. The molecule has 0 atom stereocenters. The topological polar surface area (TPSA) is 20.2 Å². The summed E-state index contributed by atoms with van der Waals surface area (Å²) in [4.78, 5) is 3.43. The normalized spacial score (nSPS) is 10.5. The lowest BCUT2D eigenvalue weighted by atomic mass is 10.0. The van der Waals surface area contributed by atoms with Crippen molar-refractivity contribution in [2.24, 2.45) is 0 Å². The number of allylic oxidation sites excluding steroid dienone is 1. The Balaban J connectivity index is 2.22. The highest BCUT2D eigenvalue weighted by molar-refractivity contribution is 7.80. The summed E-state index contributed by atoms with van der Waals surface area (Å²) in [6, 6.07) is 9.36. The van der Waals surface area contributed by atoms with Crippen molar-refractivity contribution in [2.45, 2.75) is 18.2 Å². The van der Waals surface area contributed by atoms with E-state index < -0.39 is 0 Å². The van der Waals surface area contributed by atoms with E-state index in [2.05, 4.69) is 38.3 Å². The zero-order valence-electron chi connectivity index (χ0n) is 9.60. The van der Waals surface area contributed by atoms with Gasteiger partial charge in [0, 0.05) is 21.1 Å². The average molecular weight is 262 g/mol. The summed E-state index contributed by atoms with van der Waals surface area (Å²) in [5.41, 5.74) is 1.90. The van der Waals surface area contributed by atoms with Crippen LogP contribution in [0.15, 0.2) is 41.8 Å². The second-order valence-corrected chi connectivity index (χ2v) is 5.85. The van der Waals surface area contributed by atoms with Crippen molar-refractivity contribution < 1.29 is 5.11 Å². The molecule has 0 aliphatic rings. The third-order valence-electron chi connectivity index (χ3n) is 2.54. The van der Waals surface area contributed by atoms with Gasteiger partial charge in [-0.1, -0.05) is 6.58 Å². The molecule has 1 heterocycles. The van der Waals surface area contributed by atoms with Crippen LogP contribution in [0.3, 0.4) is 0 Å². The first-order chi connectivity index (χ1) is 8.06. The molecule has 0 saturated heterocycles. The largest absolute Gasteiger partial charge is 0.508 e. The van der Waals surface area contributed by atoms with Gasteiger partial charge in [-0.3, -0.25) is 0 Å². The molecule has 1 aromatic carbocycles. The lowest BCUT2D eigenvalue weighted by Gasteiger charge is -2.08. The molecular formula is C14H14OS2. The molecule has 2 rings (SSSR count). The second-order valence-electron chi connectivity index (χ2n) is 3.99. The summed E-state index contributed by atoms with van der Waals surface area (Å²) in [7, 11) is 0. The maximum atomic E-state index is 9.48. The zero-order valence-corrected chi connectivity index (χ0v) is 11.3. The Morgan fingerprint density at radius 3 is 2.76 bits per heavy atom. The molecule has 0 amide bonds. The summed E-state index contributed by atoms with van der Waals surface area (Å²) in [5, 5.41) is 9.48. The molecule has 17 heavy (non-hydrogen) atoms. The second kappa shape index (κ2) is 4.98. The minimum Gasteiger partial charge on any atom is -0.508 e. The SMILES string of the molecule is C=C(Cc1ccc(C)s1)c1cc(O)ccc1S. The molecule has 0 bridgehead atoms. The number of hydrogen-bond acceptors (Lipinski definition) is 3. The van der Waals surface area contributed by atoms with Crippen molar-refractivity contribution >= 4 is 29.5 Å². The Kier molecular flexibility index (Phi) is 3.60. The van der Waals surface area contributed by atoms with Crippen LogP contribution in [-0.2, 0) is 6.42 Å². The molecule has 2 aromatic rings. The molecular weight excluding hydrogens is 248 g/mol. The summed E-state index contributed by atoms with van der Waals surface area (Å²) < 4.78 is 0. The number of aromatic hydroxyl groups is 1. The molecule has 0 unspecified atom stereocenters. The number of thiol groups is 1. The van der Waals surface area contributed by atoms with E-state index >= 15 is 0 Å². The van der Waals surface area contributed by atoms with Crippen molar-refractivity contribution in [1.29, 1.82) is 0 Å². The number of aryl methyl sites for hydroxylation is 1. The van der Waals surface area contributed by atoms with E-state index in [-0.39, 0.29) is 5.75 Å². The maximum Gasteiger partial charge on any atom is 0.116 e. The smallest absolute Gasteiger partial charge is 0.116 e. The fraction of sp³-hybridized carbons (Fsp3) is 0.143. The van der Waals surface area contributed by atoms with Crippen LogP contribution in [0, 0.1) is 6.92 Å². The van der Waals surface area contributed by atoms with Gasteiger partial charge in [0.2, 0.25) is 0 Å². The number of hydrogen-bond donors (Lipinski definition) is 2.